The summed E-state index contributed by atoms with van der Waals surface area (Å²) in [5.41, 5.74) is 4.89. The minimum Gasteiger partial charge on any atom is -0.467 e. The van der Waals surface area contributed by atoms with Crippen LogP contribution in [0, 0.1) is 17.8 Å². The molecule has 2 aromatic carbocycles. The number of hydrogen-bond donors (Lipinski definition) is 0. The van der Waals surface area contributed by atoms with Crippen LogP contribution < -0.4 is 4.90 Å². The molecule has 268 valence electrons. The Morgan fingerprint density at radius 1 is 0.735 bits per heavy atom. The van der Waals surface area contributed by atoms with Crippen LogP contribution in [-0.4, -0.2) is 93.3 Å². The fourth-order valence-corrected chi connectivity index (χ4v) is 6.27. The number of rotatable bonds is 12. The van der Waals surface area contributed by atoms with Gasteiger partial charge in [-0.15, -0.1) is 0 Å². The zero-order chi connectivity index (χ0) is 36.0. The van der Waals surface area contributed by atoms with E-state index in [1.807, 2.05) is 14.1 Å². The van der Waals surface area contributed by atoms with E-state index in [0.29, 0.717) is 19.5 Å². The summed E-state index contributed by atoms with van der Waals surface area (Å²) in [6.45, 7) is 11.2. The Labute approximate surface area is 290 Å². The highest BCUT2D eigenvalue weighted by Gasteiger charge is 2.60. The van der Waals surface area contributed by atoms with Crippen molar-refractivity contribution in [1.29, 1.82) is 0 Å². The van der Waals surface area contributed by atoms with Crippen LogP contribution >= 0.6 is 0 Å². The standard InChI is InChI=1S/C38H53N2O9/c1-23(2)35(41)47-30-31(48-36(42)24(3)4)33(38(44)45-9)46-34(32(30)49-37(43)25(5)6)40(7,8)22-14-21-39-28-17-12-10-15-26(28)19-20-27-16-11-13-18-29(27)39/h10-13,15-18,23-25,30-34H,14,19-22H2,1-9H3/q+1/t30-,31-,32+,33-,34+/m0/s1. The number of aryl methyl sites for hydroxylation is 2. The number of benzene rings is 2. The van der Waals surface area contributed by atoms with E-state index < -0.39 is 72.3 Å². The second kappa shape index (κ2) is 16.2. The summed E-state index contributed by atoms with van der Waals surface area (Å²) in [6, 6.07) is 16.9. The van der Waals surface area contributed by atoms with Gasteiger partial charge in [-0.3, -0.25) is 18.9 Å². The molecule has 0 N–H and O–H groups in total. The third-order valence-electron chi connectivity index (χ3n) is 9.15. The molecule has 0 saturated carbocycles. The average molecular weight is 682 g/mol. The molecule has 0 spiro atoms. The quantitative estimate of drug-likeness (QED) is 0.172. The van der Waals surface area contributed by atoms with Gasteiger partial charge >= 0.3 is 23.9 Å². The maximum atomic E-state index is 13.3. The number of anilines is 2. The van der Waals surface area contributed by atoms with Gasteiger partial charge in [0, 0.05) is 24.3 Å². The van der Waals surface area contributed by atoms with Crippen molar-refractivity contribution in [2.75, 3.05) is 39.2 Å². The van der Waals surface area contributed by atoms with Gasteiger partial charge in [0.25, 0.3) is 0 Å². The first-order valence-corrected chi connectivity index (χ1v) is 17.3. The number of methoxy groups -OCH3 is 1. The number of para-hydroxylation sites is 2. The predicted molar refractivity (Wildman–Crippen MR) is 184 cm³/mol. The molecule has 0 amide bonds. The van der Waals surface area contributed by atoms with Crippen molar-refractivity contribution in [2.45, 2.75) is 91.4 Å². The summed E-state index contributed by atoms with van der Waals surface area (Å²) in [5, 5.41) is 0. The molecular weight excluding hydrogens is 628 g/mol. The molecule has 0 aromatic heterocycles. The molecule has 2 heterocycles. The van der Waals surface area contributed by atoms with Gasteiger partial charge < -0.3 is 28.6 Å². The largest absolute Gasteiger partial charge is 0.467 e. The molecule has 2 aliphatic rings. The number of ether oxygens (including phenoxy) is 5. The summed E-state index contributed by atoms with van der Waals surface area (Å²) in [4.78, 5) is 55.0. The molecular formula is C38H53N2O9+. The van der Waals surface area contributed by atoms with Crippen LogP contribution in [0.1, 0.15) is 59.1 Å². The third kappa shape index (κ3) is 8.80. The minimum atomic E-state index is -1.45. The van der Waals surface area contributed by atoms with Gasteiger partial charge in [-0.1, -0.05) is 77.9 Å². The Balaban J connectivity index is 1.71. The molecule has 2 aromatic rings. The van der Waals surface area contributed by atoms with Gasteiger partial charge in [0.15, 0.2) is 12.2 Å². The maximum Gasteiger partial charge on any atom is 0.339 e. The summed E-state index contributed by atoms with van der Waals surface area (Å²) < 4.78 is 29.6. The molecule has 1 fully saturated rings. The molecule has 0 radical (unpaired) electrons. The van der Waals surface area contributed by atoms with E-state index in [4.69, 9.17) is 23.7 Å². The van der Waals surface area contributed by atoms with E-state index in [0.717, 1.165) is 24.2 Å². The number of carbonyl (C=O) groups excluding carboxylic acids is 4. The van der Waals surface area contributed by atoms with Gasteiger partial charge in [0.1, 0.15) is 0 Å². The normalized spacial score (nSPS) is 22.2. The first kappa shape index (κ1) is 37.9. The van der Waals surface area contributed by atoms with E-state index in [9.17, 15) is 19.2 Å². The van der Waals surface area contributed by atoms with Gasteiger partial charge in [0.05, 0.1) is 45.5 Å². The predicted octanol–water partition coefficient (Wildman–Crippen LogP) is 4.99. The van der Waals surface area contributed by atoms with Gasteiger partial charge in [0.2, 0.25) is 18.4 Å². The molecule has 11 nitrogen and oxygen atoms in total. The molecule has 5 atom stereocenters. The Morgan fingerprint density at radius 3 is 1.65 bits per heavy atom. The lowest BCUT2D eigenvalue weighted by molar-refractivity contribution is -0.944. The summed E-state index contributed by atoms with van der Waals surface area (Å²) in [5.74, 6) is -4.22. The number of carbonyl (C=O) groups is 4. The fraction of sp³-hybridized carbons (Fsp3) is 0.579. The highest BCUT2D eigenvalue weighted by atomic mass is 16.7. The van der Waals surface area contributed by atoms with Crippen molar-refractivity contribution < 1.29 is 47.3 Å². The molecule has 0 unspecified atom stereocenters. The Kier molecular flexibility index (Phi) is 12.5. The van der Waals surface area contributed by atoms with E-state index in [1.54, 1.807) is 41.5 Å². The smallest absolute Gasteiger partial charge is 0.339 e. The lowest BCUT2D eigenvalue weighted by Crippen LogP contribution is -2.70. The van der Waals surface area contributed by atoms with E-state index >= 15 is 0 Å². The van der Waals surface area contributed by atoms with Crippen LogP contribution in [0.5, 0.6) is 0 Å². The summed E-state index contributed by atoms with van der Waals surface area (Å²) in [6.07, 6.45) is -3.84. The molecule has 1 saturated heterocycles. The van der Waals surface area contributed by atoms with Crippen molar-refractivity contribution >= 4 is 35.3 Å². The number of quaternary nitrogens is 1. The number of nitrogens with zero attached hydrogens (tertiary/aromatic N) is 2. The first-order valence-electron chi connectivity index (χ1n) is 17.3. The minimum absolute atomic E-state index is 0.126. The molecule has 2 aliphatic heterocycles. The highest BCUT2D eigenvalue weighted by molar-refractivity contribution is 5.78. The van der Waals surface area contributed by atoms with Crippen molar-refractivity contribution in [3.63, 3.8) is 0 Å². The molecule has 0 aliphatic carbocycles. The number of esters is 4. The molecule has 0 bridgehead atoms. The SMILES string of the molecule is COC(=O)[C@H]1O[C@@H]([N+](C)(C)CCCN2c3ccccc3CCc3ccccc32)[C@H](OC(=O)C(C)C)[C@@H](OC(=O)C(C)C)[C@@H]1OC(=O)C(C)C. The topological polar surface area (TPSA) is 118 Å². The van der Waals surface area contributed by atoms with Crippen molar-refractivity contribution in [1.82, 2.24) is 0 Å². The zero-order valence-electron chi connectivity index (χ0n) is 30.3. The third-order valence-corrected chi connectivity index (χ3v) is 9.15. The number of fused-ring (bicyclic) bond motifs is 2. The van der Waals surface area contributed by atoms with E-state index in [2.05, 4.69) is 53.4 Å². The van der Waals surface area contributed by atoms with Crippen molar-refractivity contribution in [3.05, 3.63) is 59.7 Å². The van der Waals surface area contributed by atoms with Gasteiger partial charge in [-0.2, -0.15) is 0 Å². The first-order chi connectivity index (χ1) is 23.2. The Morgan fingerprint density at radius 2 is 1.18 bits per heavy atom. The maximum absolute atomic E-state index is 13.3. The Hall–Kier alpha value is -3.96. The van der Waals surface area contributed by atoms with Crippen LogP contribution in [0.15, 0.2) is 48.5 Å². The van der Waals surface area contributed by atoms with E-state index in [1.165, 1.54) is 18.2 Å². The second-order valence-corrected chi connectivity index (χ2v) is 14.4. The van der Waals surface area contributed by atoms with Crippen LogP contribution in [0.25, 0.3) is 0 Å². The average Bonchev–Trinajstić information content (AvgIpc) is 3.22. The monoisotopic (exact) mass is 681 g/mol. The molecule has 4 rings (SSSR count). The second-order valence-electron chi connectivity index (χ2n) is 14.4. The molecule has 11 heteroatoms. The van der Waals surface area contributed by atoms with Crippen LogP contribution in [0.3, 0.4) is 0 Å². The van der Waals surface area contributed by atoms with Crippen molar-refractivity contribution in [2.24, 2.45) is 17.8 Å². The summed E-state index contributed by atoms with van der Waals surface area (Å²) >= 11 is 0. The van der Waals surface area contributed by atoms with Crippen LogP contribution in [0.4, 0.5) is 11.4 Å². The number of likely N-dealkylation sites (N-methyl/N-ethyl adjacent to an activating group) is 1. The summed E-state index contributed by atoms with van der Waals surface area (Å²) in [7, 11) is 5.04. The zero-order valence-corrected chi connectivity index (χ0v) is 30.3. The van der Waals surface area contributed by atoms with Crippen molar-refractivity contribution in [3.8, 4) is 0 Å². The Bertz CT molecular complexity index is 1440. The van der Waals surface area contributed by atoms with Crippen LogP contribution in [-0.2, 0) is 55.7 Å². The lowest BCUT2D eigenvalue weighted by atomic mass is 9.95. The highest BCUT2D eigenvalue weighted by Crippen LogP contribution is 2.37. The molecule has 49 heavy (non-hydrogen) atoms. The van der Waals surface area contributed by atoms with Gasteiger partial charge in [-0.05, 0) is 36.1 Å². The van der Waals surface area contributed by atoms with E-state index in [-0.39, 0.29) is 4.48 Å². The number of hydrogen-bond acceptors (Lipinski definition) is 10. The lowest BCUT2D eigenvalue weighted by Gasteiger charge is -2.49. The van der Waals surface area contributed by atoms with Gasteiger partial charge in [-0.25, -0.2) is 4.79 Å². The fourth-order valence-electron chi connectivity index (χ4n) is 6.27. The van der Waals surface area contributed by atoms with Crippen LogP contribution in [0.2, 0.25) is 0 Å².